The molecule has 0 heterocycles. The summed E-state index contributed by atoms with van der Waals surface area (Å²) in [6.45, 7) is 4.39. The van der Waals surface area contributed by atoms with Crippen LogP contribution in [0, 0.1) is 10.1 Å². The molecule has 0 bridgehead atoms. The topological polar surface area (TPSA) is 92.6 Å². The van der Waals surface area contributed by atoms with Gasteiger partial charge in [0.15, 0.2) is 0 Å². The van der Waals surface area contributed by atoms with Crippen molar-refractivity contribution in [3.63, 3.8) is 0 Å². The first kappa shape index (κ1) is 23.9. The van der Waals surface area contributed by atoms with Crippen LogP contribution >= 0.6 is 27.7 Å². The maximum absolute atomic E-state index is 12.9. The third kappa shape index (κ3) is 7.14. The number of nitrogens with zero attached hydrogens (tertiary/aromatic N) is 2. The second-order valence-corrected chi connectivity index (χ2v) is 8.54. The lowest BCUT2D eigenvalue weighted by atomic mass is 10.1. The molecular formula is C21H24BrN3O4S. The van der Waals surface area contributed by atoms with Crippen LogP contribution in [-0.2, 0) is 21.9 Å². The van der Waals surface area contributed by atoms with E-state index >= 15 is 0 Å². The van der Waals surface area contributed by atoms with Crippen molar-refractivity contribution >= 4 is 45.2 Å². The Bertz CT molecular complexity index is 892. The lowest BCUT2D eigenvalue weighted by Crippen LogP contribution is -2.48. The van der Waals surface area contributed by atoms with Crippen LogP contribution in [0.2, 0.25) is 0 Å². The number of nitro groups is 1. The van der Waals surface area contributed by atoms with E-state index in [0.717, 1.165) is 15.6 Å². The summed E-state index contributed by atoms with van der Waals surface area (Å²) in [5.74, 6) is 0.417. The van der Waals surface area contributed by atoms with Crippen LogP contribution in [0.4, 0.5) is 5.69 Å². The van der Waals surface area contributed by atoms with Crippen molar-refractivity contribution in [1.29, 1.82) is 0 Å². The molecule has 0 aromatic heterocycles. The Kier molecular flexibility index (Phi) is 9.32. The number of hydrogen-bond donors (Lipinski definition) is 1. The first-order chi connectivity index (χ1) is 14.3. The second kappa shape index (κ2) is 11.7. The number of halogens is 1. The minimum Gasteiger partial charge on any atom is -0.355 e. The fourth-order valence-electron chi connectivity index (χ4n) is 2.79. The zero-order chi connectivity index (χ0) is 22.1. The molecule has 30 heavy (non-hydrogen) atoms. The molecule has 1 unspecified atom stereocenters. The molecule has 7 nitrogen and oxygen atoms in total. The fraction of sp³-hybridized carbons (Fsp3) is 0.333. The normalized spacial score (nSPS) is 11.6. The summed E-state index contributed by atoms with van der Waals surface area (Å²) in [5.41, 5.74) is 1.86. The number of non-ortho nitro benzene ring substituents is 1. The molecule has 1 atom stereocenters. The predicted octanol–water partition coefficient (Wildman–Crippen LogP) is 4.14. The van der Waals surface area contributed by atoms with Crippen molar-refractivity contribution < 1.29 is 14.5 Å². The average Bonchev–Trinajstić information content (AvgIpc) is 2.72. The van der Waals surface area contributed by atoms with Gasteiger partial charge in [0.1, 0.15) is 6.04 Å². The highest BCUT2D eigenvalue weighted by atomic mass is 79.9. The van der Waals surface area contributed by atoms with E-state index in [9.17, 15) is 19.7 Å². The molecule has 0 fully saturated rings. The largest absolute Gasteiger partial charge is 0.355 e. The second-order valence-electron chi connectivity index (χ2n) is 6.64. The Labute approximate surface area is 188 Å². The number of benzene rings is 2. The molecule has 0 aliphatic carbocycles. The highest BCUT2D eigenvalue weighted by molar-refractivity contribution is 9.10. The predicted molar refractivity (Wildman–Crippen MR) is 122 cm³/mol. The highest BCUT2D eigenvalue weighted by Gasteiger charge is 2.25. The van der Waals surface area contributed by atoms with Crippen molar-refractivity contribution in [1.82, 2.24) is 10.2 Å². The smallest absolute Gasteiger partial charge is 0.269 e. The number of nitrogens with one attached hydrogen (secondary N) is 1. The van der Waals surface area contributed by atoms with Gasteiger partial charge in [0.05, 0.1) is 10.7 Å². The van der Waals surface area contributed by atoms with Crippen molar-refractivity contribution in [2.75, 3.05) is 12.3 Å². The molecule has 9 heteroatoms. The maximum atomic E-state index is 12.9. The minimum absolute atomic E-state index is 0.0378. The van der Waals surface area contributed by atoms with Gasteiger partial charge in [0.25, 0.3) is 5.69 Å². The van der Waals surface area contributed by atoms with E-state index in [1.807, 2.05) is 31.2 Å². The van der Waals surface area contributed by atoms with E-state index in [-0.39, 0.29) is 23.3 Å². The van der Waals surface area contributed by atoms with E-state index in [1.165, 1.54) is 23.9 Å². The molecule has 2 aromatic carbocycles. The molecule has 0 saturated carbocycles. The van der Waals surface area contributed by atoms with Crippen molar-refractivity contribution in [3.8, 4) is 0 Å². The lowest BCUT2D eigenvalue weighted by molar-refractivity contribution is -0.384. The Morgan fingerprint density at radius 1 is 1.20 bits per heavy atom. The monoisotopic (exact) mass is 493 g/mol. The zero-order valence-corrected chi connectivity index (χ0v) is 19.2. The summed E-state index contributed by atoms with van der Waals surface area (Å²) < 4.78 is 0.908. The van der Waals surface area contributed by atoms with Gasteiger partial charge in [0.2, 0.25) is 11.8 Å². The SMILES string of the molecule is CCNC(=O)C(C)N(Cc1cccc(Br)c1)C(=O)CSCc1ccc([N+](=O)[O-])cc1. The van der Waals surface area contributed by atoms with Gasteiger partial charge in [-0.3, -0.25) is 19.7 Å². The van der Waals surface area contributed by atoms with Crippen LogP contribution in [0.5, 0.6) is 0 Å². The zero-order valence-electron chi connectivity index (χ0n) is 16.8. The van der Waals surface area contributed by atoms with E-state index in [1.54, 1.807) is 24.0 Å². The number of thioether (sulfide) groups is 1. The molecule has 2 rings (SSSR count). The first-order valence-electron chi connectivity index (χ1n) is 9.44. The maximum Gasteiger partial charge on any atom is 0.269 e. The number of carbonyl (C=O) groups is 2. The summed E-state index contributed by atoms with van der Waals surface area (Å²) in [4.78, 5) is 37.2. The van der Waals surface area contributed by atoms with Crippen molar-refractivity contribution in [3.05, 3.63) is 74.2 Å². The summed E-state index contributed by atoms with van der Waals surface area (Å²) >= 11 is 4.84. The van der Waals surface area contributed by atoms with Crippen LogP contribution in [0.3, 0.4) is 0 Å². The molecule has 160 valence electrons. The minimum atomic E-state index is -0.601. The van der Waals surface area contributed by atoms with Gasteiger partial charge in [-0.2, -0.15) is 0 Å². The Morgan fingerprint density at radius 2 is 1.90 bits per heavy atom. The van der Waals surface area contributed by atoms with E-state index in [0.29, 0.717) is 18.8 Å². The standard InChI is InChI=1S/C21H24BrN3O4S/c1-3-23-21(27)15(2)24(12-17-5-4-6-18(22)11-17)20(26)14-30-13-16-7-9-19(10-8-16)25(28)29/h4-11,15H,3,12-14H2,1-2H3,(H,23,27). The molecule has 2 aromatic rings. The molecule has 0 radical (unpaired) electrons. The molecule has 1 N–H and O–H groups in total. The number of nitro benzene ring substituents is 1. The summed E-state index contributed by atoms with van der Waals surface area (Å²) in [5, 5.41) is 13.5. The third-order valence-corrected chi connectivity index (χ3v) is 5.88. The third-order valence-electron chi connectivity index (χ3n) is 4.40. The van der Waals surface area contributed by atoms with Gasteiger partial charge >= 0.3 is 0 Å². The van der Waals surface area contributed by atoms with Crippen LogP contribution in [0.15, 0.2) is 53.0 Å². The molecular weight excluding hydrogens is 470 g/mol. The van der Waals surface area contributed by atoms with E-state index in [2.05, 4.69) is 21.2 Å². The highest BCUT2D eigenvalue weighted by Crippen LogP contribution is 2.19. The summed E-state index contributed by atoms with van der Waals surface area (Å²) in [6.07, 6.45) is 0. The van der Waals surface area contributed by atoms with E-state index in [4.69, 9.17) is 0 Å². The molecule has 0 aliphatic heterocycles. The Morgan fingerprint density at radius 3 is 2.50 bits per heavy atom. The first-order valence-corrected chi connectivity index (χ1v) is 11.4. The van der Waals surface area contributed by atoms with Crippen molar-refractivity contribution in [2.24, 2.45) is 0 Å². The molecule has 0 aliphatic rings. The van der Waals surface area contributed by atoms with Gasteiger partial charge in [-0.1, -0.05) is 40.2 Å². The van der Waals surface area contributed by atoms with Gasteiger partial charge in [-0.05, 0) is 37.1 Å². The quantitative estimate of drug-likeness (QED) is 0.396. The van der Waals surface area contributed by atoms with Crippen molar-refractivity contribution in [2.45, 2.75) is 32.2 Å². The van der Waals surface area contributed by atoms with Gasteiger partial charge < -0.3 is 10.2 Å². The number of hydrogen-bond acceptors (Lipinski definition) is 5. The molecule has 0 saturated heterocycles. The lowest BCUT2D eigenvalue weighted by Gasteiger charge is -2.28. The fourth-order valence-corrected chi connectivity index (χ4v) is 4.11. The van der Waals surface area contributed by atoms with Gasteiger partial charge in [-0.25, -0.2) is 0 Å². The van der Waals surface area contributed by atoms with Crippen LogP contribution in [0.25, 0.3) is 0 Å². The Balaban J connectivity index is 2.03. The average molecular weight is 494 g/mol. The number of amides is 2. The number of rotatable bonds is 10. The molecule has 2 amide bonds. The van der Waals surface area contributed by atoms with Crippen LogP contribution in [0.1, 0.15) is 25.0 Å². The van der Waals surface area contributed by atoms with E-state index < -0.39 is 11.0 Å². The number of carbonyl (C=O) groups excluding carboxylic acids is 2. The Hall–Kier alpha value is -2.39. The van der Waals surface area contributed by atoms with Gasteiger partial charge in [0, 0.05) is 35.4 Å². The number of likely N-dealkylation sites (N-methyl/N-ethyl adjacent to an activating group) is 1. The van der Waals surface area contributed by atoms with Gasteiger partial charge in [-0.15, -0.1) is 11.8 Å². The molecule has 0 spiro atoms. The summed E-state index contributed by atoms with van der Waals surface area (Å²) in [7, 11) is 0. The van der Waals surface area contributed by atoms with Crippen LogP contribution < -0.4 is 5.32 Å². The van der Waals surface area contributed by atoms with Crippen LogP contribution in [-0.4, -0.2) is 40.0 Å². The summed E-state index contributed by atoms with van der Waals surface area (Å²) in [6, 6.07) is 13.3.